The fourth-order valence-corrected chi connectivity index (χ4v) is 1.80. The lowest BCUT2D eigenvalue weighted by molar-refractivity contribution is 0.138. The van der Waals surface area contributed by atoms with Crippen molar-refractivity contribution in [3.63, 3.8) is 0 Å². The highest BCUT2D eigenvalue weighted by Crippen LogP contribution is 2.11. The second kappa shape index (κ2) is 4.57. The Morgan fingerprint density at radius 2 is 2.57 bits per heavy atom. The predicted octanol–water partition coefficient (Wildman–Crippen LogP) is 0.565. The van der Waals surface area contributed by atoms with Crippen molar-refractivity contribution < 1.29 is 4.74 Å². The summed E-state index contributed by atoms with van der Waals surface area (Å²) in [5.74, 6) is 0. The summed E-state index contributed by atoms with van der Waals surface area (Å²) in [4.78, 5) is 4.38. The number of ether oxygens (including phenoxy) is 1. The standard InChI is InChI=1S/C10H17N3O/c1-2-14-6-5-13-8-12-9-7-11-4-3-10(9)13/h8,11H,2-7H2,1H3. The highest BCUT2D eigenvalue weighted by Gasteiger charge is 2.13. The number of aromatic nitrogens is 2. The molecule has 0 aromatic carbocycles. The van der Waals surface area contributed by atoms with Gasteiger partial charge < -0.3 is 14.6 Å². The third kappa shape index (κ3) is 1.96. The van der Waals surface area contributed by atoms with E-state index in [-0.39, 0.29) is 0 Å². The minimum atomic E-state index is 0.784. The van der Waals surface area contributed by atoms with Gasteiger partial charge in [0.15, 0.2) is 0 Å². The fraction of sp³-hybridized carbons (Fsp3) is 0.700. The van der Waals surface area contributed by atoms with Crippen LogP contribution < -0.4 is 5.32 Å². The predicted molar refractivity (Wildman–Crippen MR) is 54.1 cm³/mol. The molecule has 78 valence electrons. The summed E-state index contributed by atoms with van der Waals surface area (Å²) >= 11 is 0. The third-order valence-electron chi connectivity index (χ3n) is 2.54. The van der Waals surface area contributed by atoms with Crippen LogP contribution in [0.5, 0.6) is 0 Å². The highest BCUT2D eigenvalue weighted by atomic mass is 16.5. The minimum Gasteiger partial charge on any atom is -0.380 e. The van der Waals surface area contributed by atoms with E-state index >= 15 is 0 Å². The van der Waals surface area contributed by atoms with Gasteiger partial charge in [-0.05, 0) is 6.92 Å². The van der Waals surface area contributed by atoms with Crippen molar-refractivity contribution in [2.75, 3.05) is 19.8 Å². The molecule has 0 amide bonds. The third-order valence-corrected chi connectivity index (χ3v) is 2.54. The summed E-state index contributed by atoms with van der Waals surface area (Å²) in [6.07, 6.45) is 3.01. The van der Waals surface area contributed by atoms with Crippen LogP contribution in [0.4, 0.5) is 0 Å². The van der Waals surface area contributed by atoms with E-state index in [2.05, 4.69) is 14.9 Å². The first kappa shape index (κ1) is 9.68. The van der Waals surface area contributed by atoms with Gasteiger partial charge in [0.25, 0.3) is 0 Å². The SMILES string of the molecule is CCOCCn1cnc2c1CCNC2. The minimum absolute atomic E-state index is 0.784. The molecule has 4 nitrogen and oxygen atoms in total. The zero-order valence-electron chi connectivity index (χ0n) is 8.62. The average molecular weight is 195 g/mol. The Labute approximate surface area is 84.3 Å². The number of hydrogen-bond donors (Lipinski definition) is 1. The molecular formula is C10H17N3O. The van der Waals surface area contributed by atoms with Crippen LogP contribution in [0.1, 0.15) is 18.3 Å². The Bertz CT molecular complexity index is 296. The first-order chi connectivity index (χ1) is 6.92. The molecule has 1 aliphatic heterocycles. The lowest BCUT2D eigenvalue weighted by atomic mass is 10.2. The van der Waals surface area contributed by atoms with Gasteiger partial charge in [0, 0.05) is 38.4 Å². The van der Waals surface area contributed by atoms with Gasteiger partial charge >= 0.3 is 0 Å². The largest absolute Gasteiger partial charge is 0.380 e. The molecule has 1 aromatic heterocycles. The maximum Gasteiger partial charge on any atom is 0.0953 e. The van der Waals surface area contributed by atoms with E-state index in [1.165, 1.54) is 11.4 Å². The van der Waals surface area contributed by atoms with Crippen LogP contribution >= 0.6 is 0 Å². The van der Waals surface area contributed by atoms with Gasteiger partial charge in [-0.3, -0.25) is 0 Å². The summed E-state index contributed by atoms with van der Waals surface area (Å²) in [5.41, 5.74) is 2.58. The normalized spacial score (nSPS) is 15.5. The van der Waals surface area contributed by atoms with Crippen molar-refractivity contribution in [2.24, 2.45) is 0 Å². The van der Waals surface area contributed by atoms with E-state index in [1.807, 2.05) is 13.3 Å². The molecule has 0 unspecified atom stereocenters. The molecule has 1 aliphatic rings. The molecule has 0 fully saturated rings. The Balaban J connectivity index is 1.99. The first-order valence-corrected chi connectivity index (χ1v) is 5.23. The summed E-state index contributed by atoms with van der Waals surface area (Å²) < 4.78 is 7.55. The van der Waals surface area contributed by atoms with E-state index in [0.717, 1.165) is 39.3 Å². The molecule has 0 saturated carbocycles. The molecule has 1 N–H and O–H groups in total. The topological polar surface area (TPSA) is 39.1 Å². The zero-order valence-corrected chi connectivity index (χ0v) is 8.62. The van der Waals surface area contributed by atoms with Crippen LogP contribution in [-0.2, 0) is 24.2 Å². The maximum absolute atomic E-state index is 5.33. The lowest BCUT2D eigenvalue weighted by Gasteiger charge is -2.14. The van der Waals surface area contributed by atoms with E-state index in [1.54, 1.807) is 0 Å². The monoisotopic (exact) mass is 195 g/mol. The molecular weight excluding hydrogens is 178 g/mol. The number of nitrogens with zero attached hydrogens (tertiary/aromatic N) is 2. The maximum atomic E-state index is 5.33. The van der Waals surface area contributed by atoms with Crippen LogP contribution in [0.15, 0.2) is 6.33 Å². The van der Waals surface area contributed by atoms with Crippen LogP contribution in [0.3, 0.4) is 0 Å². The average Bonchev–Trinajstić information content (AvgIpc) is 2.63. The van der Waals surface area contributed by atoms with Gasteiger partial charge in [0.2, 0.25) is 0 Å². The van der Waals surface area contributed by atoms with Crippen molar-refractivity contribution in [3.8, 4) is 0 Å². The van der Waals surface area contributed by atoms with E-state index in [4.69, 9.17) is 4.74 Å². The van der Waals surface area contributed by atoms with E-state index in [9.17, 15) is 0 Å². The zero-order chi connectivity index (χ0) is 9.80. The number of imidazole rings is 1. The van der Waals surface area contributed by atoms with Gasteiger partial charge in [-0.25, -0.2) is 4.98 Å². The number of nitrogens with one attached hydrogen (secondary N) is 1. The quantitative estimate of drug-likeness (QED) is 0.714. The molecule has 0 spiro atoms. The van der Waals surface area contributed by atoms with Crippen LogP contribution in [0.2, 0.25) is 0 Å². The van der Waals surface area contributed by atoms with Gasteiger partial charge in [0.05, 0.1) is 18.6 Å². The molecule has 1 aromatic rings. The summed E-state index contributed by atoms with van der Waals surface area (Å²) in [7, 11) is 0. The van der Waals surface area contributed by atoms with Gasteiger partial charge in [0.1, 0.15) is 0 Å². The molecule has 4 heteroatoms. The van der Waals surface area contributed by atoms with Crippen molar-refractivity contribution in [3.05, 3.63) is 17.7 Å². The number of hydrogen-bond acceptors (Lipinski definition) is 3. The Morgan fingerprint density at radius 3 is 3.43 bits per heavy atom. The Kier molecular flexibility index (Phi) is 3.16. The summed E-state index contributed by atoms with van der Waals surface area (Å²) in [6, 6.07) is 0. The van der Waals surface area contributed by atoms with Crippen molar-refractivity contribution >= 4 is 0 Å². The molecule has 0 aliphatic carbocycles. The van der Waals surface area contributed by atoms with Gasteiger partial charge in [-0.2, -0.15) is 0 Å². The van der Waals surface area contributed by atoms with Crippen LogP contribution in [-0.4, -0.2) is 29.3 Å². The Hall–Kier alpha value is -0.870. The van der Waals surface area contributed by atoms with Crippen LogP contribution in [0, 0.1) is 0 Å². The van der Waals surface area contributed by atoms with E-state index < -0.39 is 0 Å². The molecule has 0 saturated heterocycles. The fourth-order valence-electron chi connectivity index (χ4n) is 1.80. The lowest BCUT2D eigenvalue weighted by Crippen LogP contribution is -2.25. The molecule has 14 heavy (non-hydrogen) atoms. The van der Waals surface area contributed by atoms with Gasteiger partial charge in [-0.1, -0.05) is 0 Å². The van der Waals surface area contributed by atoms with E-state index in [0.29, 0.717) is 0 Å². The molecule has 2 heterocycles. The molecule has 2 rings (SSSR count). The first-order valence-electron chi connectivity index (χ1n) is 5.23. The highest BCUT2D eigenvalue weighted by molar-refractivity contribution is 5.16. The Morgan fingerprint density at radius 1 is 1.64 bits per heavy atom. The molecule has 0 atom stereocenters. The number of rotatable bonds is 4. The second-order valence-electron chi connectivity index (χ2n) is 3.46. The van der Waals surface area contributed by atoms with Crippen LogP contribution in [0.25, 0.3) is 0 Å². The van der Waals surface area contributed by atoms with Gasteiger partial charge in [-0.15, -0.1) is 0 Å². The molecule has 0 radical (unpaired) electrons. The van der Waals surface area contributed by atoms with Crippen molar-refractivity contribution in [1.82, 2.24) is 14.9 Å². The van der Waals surface area contributed by atoms with Crippen molar-refractivity contribution in [1.29, 1.82) is 0 Å². The van der Waals surface area contributed by atoms with Crippen molar-refractivity contribution in [2.45, 2.75) is 26.4 Å². The number of fused-ring (bicyclic) bond motifs is 1. The summed E-state index contributed by atoms with van der Waals surface area (Å²) in [5, 5.41) is 3.31. The molecule has 0 bridgehead atoms. The second-order valence-corrected chi connectivity index (χ2v) is 3.46. The smallest absolute Gasteiger partial charge is 0.0953 e. The summed E-state index contributed by atoms with van der Waals surface area (Å²) in [6.45, 7) is 6.50.